The Morgan fingerprint density at radius 2 is 2.36 bits per heavy atom. The molecule has 0 aromatic carbocycles. The van der Waals surface area contributed by atoms with Crippen LogP contribution < -0.4 is 5.32 Å². The van der Waals surface area contributed by atoms with Crippen LogP contribution in [0.1, 0.15) is 26.2 Å². The van der Waals surface area contributed by atoms with Gasteiger partial charge in [-0.1, -0.05) is 6.92 Å². The molecule has 2 rings (SSSR count). The van der Waals surface area contributed by atoms with Gasteiger partial charge in [-0.3, -0.25) is 4.90 Å². The van der Waals surface area contributed by atoms with Crippen LogP contribution in [0, 0.1) is 0 Å². The van der Waals surface area contributed by atoms with E-state index in [1.54, 1.807) is 0 Å². The first-order valence-electron chi connectivity index (χ1n) is 5.95. The van der Waals surface area contributed by atoms with E-state index in [0.29, 0.717) is 0 Å². The highest BCUT2D eigenvalue weighted by Crippen LogP contribution is 2.25. The van der Waals surface area contributed by atoms with Crippen LogP contribution in [0.5, 0.6) is 0 Å². The predicted molar refractivity (Wildman–Crippen MR) is 64.0 cm³/mol. The van der Waals surface area contributed by atoms with E-state index in [1.807, 2.05) is 0 Å². The van der Waals surface area contributed by atoms with Crippen LogP contribution in [0.3, 0.4) is 0 Å². The van der Waals surface area contributed by atoms with Gasteiger partial charge in [0.1, 0.15) is 0 Å². The summed E-state index contributed by atoms with van der Waals surface area (Å²) in [6, 6.07) is 1.67. The summed E-state index contributed by atoms with van der Waals surface area (Å²) < 4.78 is 0. The van der Waals surface area contributed by atoms with Crippen LogP contribution in [0.4, 0.5) is 0 Å². The van der Waals surface area contributed by atoms with E-state index in [-0.39, 0.29) is 0 Å². The number of rotatable bonds is 4. The van der Waals surface area contributed by atoms with Gasteiger partial charge in [0, 0.05) is 30.9 Å². The van der Waals surface area contributed by atoms with Crippen molar-refractivity contribution in [1.29, 1.82) is 0 Å². The monoisotopic (exact) mass is 214 g/mol. The molecular formula is C11H22N2S. The third-order valence-corrected chi connectivity index (χ3v) is 4.47. The second-order valence-electron chi connectivity index (χ2n) is 4.45. The first-order valence-corrected chi connectivity index (χ1v) is 7.11. The lowest BCUT2D eigenvalue weighted by atomic mass is 10.2. The van der Waals surface area contributed by atoms with Gasteiger partial charge in [-0.15, -0.1) is 0 Å². The summed E-state index contributed by atoms with van der Waals surface area (Å²) in [5.41, 5.74) is 0. The van der Waals surface area contributed by atoms with E-state index in [0.717, 1.165) is 12.1 Å². The standard InChI is InChI=1S/C11H22N2S/c1-2-5-12-10-3-6-13(8-10)11-4-7-14-9-11/h10-12H,2-9H2,1H3. The normalized spacial score (nSPS) is 34.1. The topological polar surface area (TPSA) is 15.3 Å². The Morgan fingerprint density at radius 3 is 3.07 bits per heavy atom. The van der Waals surface area contributed by atoms with Crippen LogP contribution in [0.25, 0.3) is 0 Å². The van der Waals surface area contributed by atoms with Crippen LogP contribution in [0.2, 0.25) is 0 Å². The maximum absolute atomic E-state index is 3.64. The molecule has 0 aliphatic carbocycles. The molecule has 2 saturated heterocycles. The minimum absolute atomic E-state index is 0.778. The third-order valence-electron chi connectivity index (χ3n) is 3.32. The Balaban J connectivity index is 1.71. The molecule has 2 nitrogen and oxygen atoms in total. The first-order chi connectivity index (χ1) is 6.90. The molecule has 2 aliphatic heterocycles. The molecule has 0 aromatic rings. The van der Waals surface area contributed by atoms with Crippen LogP contribution in [-0.4, -0.2) is 48.1 Å². The first kappa shape index (κ1) is 10.8. The maximum Gasteiger partial charge on any atom is 0.0207 e. The van der Waals surface area contributed by atoms with E-state index in [9.17, 15) is 0 Å². The highest BCUT2D eigenvalue weighted by Gasteiger charge is 2.29. The third kappa shape index (κ3) is 2.65. The molecule has 1 N–H and O–H groups in total. The molecule has 82 valence electrons. The van der Waals surface area contributed by atoms with Gasteiger partial charge in [-0.25, -0.2) is 0 Å². The largest absolute Gasteiger partial charge is 0.313 e. The fraction of sp³-hybridized carbons (Fsp3) is 1.00. The minimum atomic E-state index is 0.778. The molecule has 3 heteroatoms. The Kier molecular flexibility index (Phi) is 4.14. The lowest BCUT2D eigenvalue weighted by Crippen LogP contribution is -2.37. The number of likely N-dealkylation sites (tertiary alicyclic amines) is 1. The van der Waals surface area contributed by atoms with Crippen molar-refractivity contribution in [2.75, 3.05) is 31.1 Å². The van der Waals surface area contributed by atoms with Gasteiger partial charge >= 0.3 is 0 Å². The van der Waals surface area contributed by atoms with Crippen LogP contribution >= 0.6 is 11.8 Å². The van der Waals surface area contributed by atoms with E-state index in [4.69, 9.17) is 0 Å². The van der Waals surface area contributed by atoms with Gasteiger partial charge in [-0.2, -0.15) is 11.8 Å². The SMILES string of the molecule is CCCNC1CCN(C2CCSC2)C1. The summed E-state index contributed by atoms with van der Waals surface area (Å²) >= 11 is 2.13. The minimum Gasteiger partial charge on any atom is -0.313 e. The number of nitrogens with one attached hydrogen (secondary N) is 1. The molecule has 14 heavy (non-hydrogen) atoms. The van der Waals surface area contributed by atoms with Gasteiger partial charge in [0.15, 0.2) is 0 Å². The Labute approximate surface area is 91.8 Å². The van der Waals surface area contributed by atoms with Crippen molar-refractivity contribution in [1.82, 2.24) is 10.2 Å². The zero-order chi connectivity index (χ0) is 9.80. The van der Waals surface area contributed by atoms with Crippen molar-refractivity contribution in [3.63, 3.8) is 0 Å². The molecule has 2 fully saturated rings. The Morgan fingerprint density at radius 1 is 1.43 bits per heavy atom. The maximum atomic E-state index is 3.64. The van der Waals surface area contributed by atoms with Crippen molar-refractivity contribution < 1.29 is 0 Å². The summed E-state index contributed by atoms with van der Waals surface area (Å²) in [4.78, 5) is 2.70. The molecule has 0 spiro atoms. The smallest absolute Gasteiger partial charge is 0.0207 e. The Bertz CT molecular complexity index is 169. The van der Waals surface area contributed by atoms with Gasteiger partial charge in [0.2, 0.25) is 0 Å². The highest BCUT2D eigenvalue weighted by molar-refractivity contribution is 7.99. The van der Waals surface area contributed by atoms with E-state index in [1.165, 1.54) is 50.4 Å². The Hall–Kier alpha value is 0.270. The lowest BCUT2D eigenvalue weighted by Gasteiger charge is -2.22. The summed E-state index contributed by atoms with van der Waals surface area (Å²) in [7, 11) is 0. The van der Waals surface area contributed by atoms with Gasteiger partial charge in [-0.05, 0) is 31.6 Å². The van der Waals surface area contributed by atoms with Crippen molar-refractivity contribution in [3.8, 4) is 0 Å². The van der Waals surface area contributed by atoms with Gasteiger partial charge in [0.25, 0.3) is 0 Å². The zero-order valence-corrected chi connectivity index (χ0v) is 9.98. The molecule has 2 unspecified atom stereocenters. The number of nitrogens with zero attached hydrogens (tertiary/aromatic N) is 1. The second-order valence-corrected chi connectivity index (χ2v) is 5.60. The van der Waals surface area contributed by atoms with Crippen molar-refractivity contribution in [2.24, 2.45) is 0 Å². The quantitative estimate of drug-likeness (QED) is 0.765. The lowest BCUT2D eigenvalue weighted by molar-refractivity contribution is 0.257. The molecule has 0 saturated carbocycles. The molecule has 0 amide bonds. The predicted octanol–water partition coefficient (Wildman–Crippen LogP) is 1.57. The van der Waals surface area contributed by atoms with E-state index >= 15 is 0 Å². The van der Waals surface area contributed by atoms with Crippen molar-refractivity contribution >= 4 is 11.8 Å². The molecule has 2 heterocycles. The fourth-order valence-electron chi connectivity index (χ4n) is 2.44. The zero-order valence-electron chi connectivity index (χ0n) is 9.17. The summed E-state index contributed by atoms with van der Waals surface area (Å²) in [6.07, 6.45) is 4.04. The molecule has 0 bridgehead atoms. The summed E-state index contributed by atoms with van der Waals surface area (Å²) in [5.74, 6) is 2.76. The van der Waals surface area contributed by atoms with Crippen molar-refractivity contribution in [2.45, 2.75) is 38.3 Å². The molecule has 0 aromatic heterocycles. The molecule has 0 radical (unpaired) electrons. The van der Waals surface area contributed by atoms with Crippen molar-refractivity contribution in [3.05, 3.63) is 0 Å². The molecule has 2 atom stereocenters. The number of hydrogen-bond acceptors (Lipinski definition) is 3. The summed E-state index contributed by atoms with van der Waals surface area (Å²) in [5, 5.41) is 3.64. The number of hydrogen-bond donors (Lipinski definition) is 1. The molecular weight excluding hydrogens is 192 g/mol. The van der Waals surface area contributed by atoms with E-state index in [2.05, 4.69) is 28.9 Å². The number of thioether (sulfide) groups is 1. The van der Waals surface area contributed by atoms with Crippen LogP contribution in [-0.2, 0) is 0 Å². The average molecular weight is 214 g/mol. The fourth-order valence-corrected chi connectivity index (χ4v) is 3.70. The van der Waals surface area contributed by atoms with Crippen LogP contribution in [0.15, 0.2) is 0 Å². The molecule has 2 aliphatic rings. The van der Waals surface area contributed by atoms with Gasteiger partial charge < -0.3 is 5.32 Å². The highest BCUT2D eigenvalue weighted by atomic mass is 32.2. The average Bonchev–Trinajstić information content (AvgIpc) is 2.85. The second kappa shape index (κ2) is 5.38. The van der Waals surface area contributed by atoms with E-state index < -0.39 is 0 Å². The van der Waals surface area contributed by atoms with Gasteiger partial charge in [0.05, 0.1) is 0 Å². The summed E-state index contributed by atoms with van der Waals surface area (Å²) in [6.45, 7) is 6.06.